The van der Waals surface area contributed by atoms with Crippen LogP contribution in [0.15, 0.2) is 42.5 Å². The summed E-state index contributed by atoms with van der Waals surface area (Å²) in [6.07, 6.45) is 3.47. The molecule has 0 amide bonds. The molecule has 1 unspecified atom stereocenters. The molecule has 2 nitrogen and oxygen atoms in total. The molecule has 1 fully saturated rings. The van der Waals surface area contributed by atoms with Gasteiger partial charge in [-0.3, -0.25) is 0 Å². The van der Waals surface area contributed by atoms with Crippen LogP contribution in [0.25, 0.3) is 11.1 Å². The highest BCUT2D eigenvalue weighted by Crippen LogP contribution is 2.38. The fourth-order valence-electron chi connectivity index (χ4n) is 3.21. The third-order valence-corrected chi connectivity index (χ3v) is 4.73. The van der Waals surface area contributed by atoms with Crippen LogP contribution in [-0.4, -0.2) is 17.7 Å². The van der Waals surface area contributed by atoms with Crippen LogP contribution in [0.5, 0.6) is 0 Å². The summed E-state index contributed by atoms with van der Waals surface area (Å²) in [6.45, 7) is 2.54. The minimum absolute atomic E-state index is 0.621. The van der Waals surface area contributed by atoms with Gasteiger partial charge in [-0.1, -0.05) is 42.5 Å². The minimum Gasteiger partial charge on any atom is -0.384 e. The number of aliphatic hydroxyl groups is 1. The van der Waals surface area contributed by atoms with Gasteiger partial charge in [0, 0.05) is 12.6 Å². The van der Waals surface area contributed by atoms with Crippen molar-refractivity contribution in [2.75, 3.05) is 6.54 Å². The van der Waals surface area contributed by atoms with Gasteiger partial charge < -0.3 is 10.4 Å². The monoisotopic (exact) mass is 279 g/mol. The third-order valence-electron chi connectivity index (χ3n) is 4.73. The van der Waals surface area contributed by atoms with Gasteiger partial charge in [0.25, 0.3) is 0 Å². The predicted molar refractivity (Wildman–Crippen MR) is 85.3 cm³/mol. The number of nitrogens with one attached hydrogen (secondary N) is 1. The fourth-order valence-corrected chi connectivity index (χ4v) is 3.21. The first-order valence-electron chi connectivity index (χ1n) is 7.81. The molecule has 0 spiro atoms. The van der Waals surface area contributed by atoms with E-state index in [2.05, 4.69) is 47.8 Å². The zero-order valence-electron chi connectivity index (χ0n) is 12.4. The van der Waals surface area contributed by atoms with E-state index in [4.69, 9.17) is 0 Å². The maximum atomic E-state index is 10.7. The summed E-state index contributed by atoms with van der Waals surface area (Å²) in [4.78, 5) is 0. The Balaban J connectivity index is 1.63. The van der Waals surface area contributed by atoms with Crippen molar-refractivity contribution in [3.05, 3.63) is 59.2 Å². The molecular weight excluding hydrogens is 258 g/mol. The zero-order chi connectivity index (χ0) is 14.4. The SMILES string of the molecule is CC(O)(CNC1CC1)c1ccc2c(c1)Cc1ccccc1-2. The molecular formula is C19H21NO. The number of rotatable bonds is 4. The average molecular weight is 279 g/mol. The largest absolute Gasteiger partial charge is 0.384 e. The van der Waals surface area contributed by atoms with Gasteiger partial charge in [0.05, 0.1) is 5.60 Å². The maximum absolute atomic E-state index is 10.7. The first-order chi connectivity index (χ1) is 10.1. The highest BCUT2D eigenvalue weighted by molar-refractivity contribution is 5.77. The van der Waals surface area contributed by atoms with E-state index in [0.717, 1.165) is 12.0 Å². The normalized spacial score (nSPS) is 19.0. The van der Waals surface area contributed by atoms with Crippen molar-refractivity contribution in [2.45, 2.75) is 37.8 Å². The Morgan fingerprint density at radius 2 is 1.86 bits per heavy atom. The van der Waals surface area contributed by atoms with Crippen LogP contribution in [0.1, 0.15) is 36.5 Å². The molecule has 0 radical (unpaired) electrons. The van der Waals surface area contributed by atoms with Crippen molar-refractivity contribution in [1.29, 1.82) is 0 Å². The lowest BCUT2D eigenvalue weighted by Crippen LogP contribution is -2.36. The minimum atomic E-state index is -0.799. The fraction of sp³-hybridized carbons (Fsp3) is 0.368. The van der Waals surface area contributed by atoms with Crippen LogP contribution in [0.4, 0.5) is 0 Å². The van der Waals surface area contributed by atoms with Gasteiger partial charge in [-0.25, -0.2) is 0 Å². The van der Waals surface area contributed by atoms with Gasteiger partial charge in [0.15, 0.2) is 0 Å². The van der Waals surface area contributed by atoms with Crippen molar-refractivity contribution in [2.24, 2.45) is 0 Å². The smallest absolute Gasteiger partial charge is 0.0992 e. The van der Waals surface area contributed by atoms with Crippen LogP contribution in [0.2, 0.25) is 0 Å². The van der Waals surface area contributed by atoms with Crippen molar-refractivity contribution >= 4 is 0 Å². The van der Waals surface area contributed by atoms with Crippen LogP contribution >= 0.6 is 0 Å². The molecule has 2 aliphatic carbocycles. The average Bonchev–Trinajstić information content (AvgIpc) is 3.24. The molecule has 108 valence electrons. The van der Waals surface area contributed by atoms with E-state index in [1.807, 2.05) is 6.92 Å². The van der Waals surface area contributed by atoms with E-state index in [0.29, 0.717) is 12.6 Å². The molecule has 0 aliphatic heterocycles. The Morgan fingerprint density at radius 3 is 2.67 bits per heavy atom. The van der Waals surface area contributed by atoms with Gasteiger partial charge in [0.2, 0.25) is 0 Å². The van der Waals surface area contributed by atoms with E-state index in [1.165, 1.54) is 35.1 Å². The molecule has 0 saturated heterocycles. The van der Waals surface area contributed by atoms with Crippen LogP contribution in [0.3, 0.4) is 0 Å². The quantitative estimate of drug-likeness (QED) is 0.768. The standard InChI is InChI=1S/C19H21NO/c1-19(21,12-20-16-7-8-16)15-6-9-18-14(11-15)10-13-4-2-3-5-17(13)18/h2-6,9,11,16,20-21H,7-8,10,12H2,1H3. The lowest BCUT2D eigenvalue weighted by Gasteiger charge is -2.25. The van der Waals surface area contributed by atoms with Crippen molar-refractivity contribution in [3.8, 4) is 11.1 Å². The summed E-state index contributed by atoms with van der Waals surface area (Å²) >= 11 is 0. The number of benzene rings is 2. The number of hydrogen-bond acceptors (Lipinski definition) is 2. The summed E-state index contributed by atoms with van der Waals surface area (Å²) in [7, 11) is 0. The Morgan fingerprint density at radius 1 is 1.10 bits per heavy atom. The van der Waals surface area contributed by atoms with Crippen molar-refractivity contribution in [3.63, 3.8) is 0 Å². The predicted octanol–water partition coefficient (Wildman–Crippen LogP) is 3.22. The summed E-state index contributed by atoms with van der Waals surface area (Å²) in [5.74, 6) is 0. The summed E-state index contributed by atoms with van der Waals surface area (Å²) < 4.78 is 0. The van der Waals surface area contributed by atoms with Crippen molar-refractivity contribution in [1.82, 2.24) is 5.32 Å². The second-order valence-electron chi connectivity index (χ2n) is 6.63. The van der Waals surface area contributed by atoms with Crippen LogP contribution in [0, 0.1) is 0 Å². The summed E-state index contributed by atoms with van der Waals surface area (Å²) in [6, 6.07) is 15.6. The second-order valence-corrected chi connectivity index (χ2v) is 6.63. The molecule has 21 heavy (non-hydrogen) atoms. The Labute approximate surface area is 125 Å². The first kappa shape index (κ1) is 13.1. The molecule has 4 rings (SSSR count). The van der Waals surface area contributed by atoms with E-state index >= 15 is 0 Å². The van der Waals surface area contributed by atoms with E-state index in [9.17, 15) is 5.11 Å². The molecule has 2 aromatic carbocycles. The molecule has 1 atom stereocenters. The third kappa shape index (κ3) is 2.39. The highest BCUT2D eigenvalue weighted by Gasteiger charge is 2.29. The van der Waals surface area contributed by atoms with E-state index < -0.39 is 5.60 Å². The molecule has 2 N–H and O–H groups in total. The van der Waals surface area contributed by atoms with Gasteiger partial charge >= 0.3 is 0 Å². The Bertz CT molecular complexity index is 686. The second kappa shape index (κ2) is 4.69. The summed E-state index contributed by atoms with van der Waals surface area (Å²) in [5, 5.41) is 14.2. The Kier molecular flexibility index (Phi) is 2.91. The molecule has 2 aliphatic rings. The lowest BCUT2D eigenvalue weighted by molar-refractivity contribution is 0.0565. The first-order valence-corrected chi connectivity index (χ1v) is 7.81. The Hall–Kier alpha value is -1.64. The van der Waals surface area contributed by atoms with E-state index in [1.54, 1.807) is 0 Å². The molecule has 2 heteroatoms. The van der Waals surface area contributed by atoms with Crippen LogP contribution in [-0.2, 0) is 12.0 Å². The van der Waals surface area contributed by atoms with Gasteiger partial charge in [0.1, 0.15) is 0 Å². The van der Waals surface area contributed by atoms with Crippen LogP contribution < -0.4 is 5.32 Å². The zero-order valence-corrected chi connectivity index (χ0v) is 12.4. The maximum Gasteiger partial charge on any atom is 0.0992 e. The molecule has 0 bridgehead atoms. The van der Waals surface area contributed by atoms with Crippen molar-refractivity contribution < 1.29 is 5.11 Å². The molecule has 2 aromatic rings. The summed E-state index contributed by atoms with van der Waals surface area (Å²) in [5.41, 5.74) is 5.60. The molecule has 0 aromatic heterocycles. The lowest BCUT2D eigenvalue weighted by atomic mass is 9.92. The number of hydrogen-bond donors (Lipinski definition) is 2. The molecule has 0 heterocycles. The van der Waals surface area contributed by atoms with E-state index in [-0.39, 0.29) is 0 Å². The number of fused-ring (bicyclic) bond motifs is 3. The van der Waals surface area contributed by atoms with Gasteiger partial charge in [-0.2, -0.15) is 0 Å². The highest BCUT2D eigenvalue weighted by atomic mass is 16.3. The van der Waals surface area contributed by atoms with Gasteiger partial charge in [-0.05, 0) is 54.0 Å². The topological polar surface area (TPSA) is 32.3 Å². The van der Waals surface area contributed by atoms with Gasteiger partial charge in [-0.15, -0.1) is 0 Å². The molecule has 1 saturated carbocycles.